The van der Waals surface area contributed by atoms with E-state index in [1.54, 1.807) is 6.07 Å². The van der Waals surface area contributed by atoms with Gasteiger partial charge in [0.2, 0.25) is 0 Å². The molecule has 0 aromatic carbocycles. The summed E-state index contributed by atoms with van der Waals surface area (Å²) in [6.07, 6.45) is 1.30. The molecule has 17 heavy (non-hydrogen) atoms. The van der Waals surface area contributed by atoms with Gasteiger partial charge in [0.05, 0.1) is 14.1 Å². The van der Waals surface area contributed by atoms with Gasteiger partial charge in [0.15, 0.2) is 0 Å². The van der Waals surface area contributed by atoms with Crippen LogP contribution < -0.4 is 5.32 Å². The molecular formula is C11H12BrNO3S. The lowest BCUT2D eigenvalue weighted by Crippen LogP contribution is -2.33. The van der Waals surface area contributed by atoms with Gasteiger partial charge in [0.1, 0.15) is 0 Å². The molecule has 0 atom stereocenters. The predicted molar refractivity (Wildman–Crippen MR) is 68.4 cm³/mol. The Hall–Kier alpha value is -0.880. The maximum absolute atomic E-state index is 11.8. The van der Waals surface area contributed by atoms with E-state index in [-0.39, 0.29) is 12.5 Å². The average Bonchev–Trinajstić information content (AvgIpc) is 2.99. The van der Waals surface area contributed by atoms with Gasteiger partial charge >= 0.3 is 5.97 Å². The Morgan fingerprint density at radius 1 is 1.59 bits per heavy atom. The molecule has 2 rings (SSSR count). The van der Waals surface area contributed by atoms with Crippen molar-refractivity contribution < 1.29 is 14.7 Å². The number of carbonyl (C=O) groups is 2. The highest BCUT2D eigenvalue weighted by molar-refractivity contribution is 9.11. The molecule has 0 aliphatic heterocycles. The number of carboxylic acids is 1. The van der Waals surface area contributed by atoms with Gasteiger partial charge in [-0.3, -0.25) is 9.59 Å². The summed E-state index contributed by atoms with van der Waals surface area (Å²) in [7, 11) is 0. The standard InChI is InChI=1S/C11H12BrNO3S/c1-6-4-7(17-8(6)12)9(14)13-5-11(2-3-11)10(15)16/h4H,2-3,5H2,1H3,(H,13,14)(H,15,16). The first kappa shape index (κ1) is 12.6. The summed E-state index contributed by atoms with van der Waals surface area (Å²) < 4.78 is 0.932. The molecule has 4 nitrogen and oxygen atoms in total. The Bertz CT molecular complexity index is 460. The molecule has 1 aliphatic rings. The molecule has 0 spiro atoms. The Morgan fingerprint density at radius 2 is 2.24 bits per heavy atom. The zero-order valence-electron chi connectivity index (χ0n) is 9.25. The number of carboxylic acid groups (broad SMARTS) is 1. The second-order valence-electron chi connectivity index (χ2n) is 4.34. The van der Waals surface area contributed by atoms with E-state index < -0.39 is 11.4 Å². The number of halogens is 1. The van der Waals surface area contributed by atoms with Crippen molar-refractivity contribution in [1.29, 1.82) is 0 Å². The zero-order chi connectivity index (χ0) is 12.6. The molecule has 92 valence electrons. The molecule has 2 N–H and O–H groups in total. The number of rotatable bonds is 4. The summed E-state index contributed by atoms with van der Waals surface area (Å²) in [5.41, 5.74) is 0.304. The minimum Gasteiger partial charge on any atom is -0.481 e. The van der Waals surface area contributed by atoms with Gasteiger partial charge in [-0.15, -0.1) is 11.3 Å². The molecule has 0 radical (unpaired) electrons. The maximum Gasteiger partial charge on any atom is 0.311 e. The molecule has 1 aromatic heterocycles. The van der Waals surface area contributed by atoms with Gasteiger partial charge < -0.3 is 10.4 Å². The molecule has 1 saturated carbocycles. The van der Waals surface area contributed by atoms with Crippen molar-refractivity contribution in [3.8, 4) is 0 Å². The van der Waals surface area contributed by atoms with Crippen molar-refractivity contribution >= 4 is 39.1 Å². The van der Waals surface area contributed by atoms with Gasteiger partial charge in [-0.05, 0) is 47.3 Å². The molecule has 0 saturated heterocycles. The van der Waals surface area contributed by atoms with Crippen molar-refractivity contribution in [3.63, 3.8) is 0 Å². The lowest BCUT2D eigenvalue weighted by molar-refractivity contribution is -0.143. The van der Waals surface area contributed by atoms with Crippen molar-refractivity contribution in [2.45, 2.75) is 19.8 Å². The average molecular weight is 318 g/mol. The molecule has 1 amide bonds. The first-order chi connectivity index (χ1) is 7.94. The fourth-order valence-corrected chi connectivity index (χ4v) is 2.98. The van der Waals surface area contributed by atoms with Crippen LogP contribution in [0.1, 0.15) is 28.1 Å². The van der Waals surface area contributed by atoms with Gasteiger partial charge in [-0.25, -0.2) is 0 Å². The normalized spacial score (nSPS) is 16.6. The van der Waals surface area contributed by atoms with E-state index in [1.165, 1.54) is 11.3 Å². The molecule has 0 bridgehead atoms. The summed E-state index contributed by atoms with van der Waals surface area (Å²) in [4.78, 5) is 23.3. The van der Waals surface area contributed by atoms with Crippen LogP contribution in [0.4, 0.5) is 0 Å². The number of carbonyl (C=O) groups excluding carboxylic acids is 1. The van der Waals surface area contributed by atoms with Crippen molar-refractivity contribution in [2.24, 2.45) is 5.41 Å². The Labute approximate surface area is 111 Å². The Morgan fingerprint density at radius 3 is 2.65 bits per heavy atom. The quantitative estimate of drug-likeness (QED) is 0.896. The summed E-state index contributed by atoms with van der Waals surface area (Å²) in [6.45, 7) is 2.13. The lowest BCUT2D eigenvalue weighted by atomic mass is 10.1. The van der Waals surface area contributed by atoms with E-state index in [4.69, 9.17) is 5.11 Å². The molecule has 1 aromatic rings. The minimum atomic E-state index is -0.818. The number of thiophene rings is 1. The fraction of sp³-hybridized carbons (Fsp3) is 0.455. The number of hydrogen-bond acceptors (Lipinski definition) is 3. The van der Waals surface area contributed by atoms with Crippen LogP contribution in [0.5, 0.6) is 0 Å². The molecule has 6 heteroatoms. The third-order valence-corrected chi connectivity index (χ3v) is 5.11. The summed E-state index contributed by atoms with van der Waals surface area (Å²) in [5.74, 6) is -1.02. The maximum atomic E-state index is 11.8. The largest absolute Gasteiger partial charge is 0.481 e. The fourth-order valence-electron chi connectivity index (χ4n) is 1.53. The van der Waals surface area contributed by atoms with Crippen LogP contribution in [-0.2, 0) is 4.79 Å². The molecule has 1 heterocycles. The number of amides is 1. The van der Waals surface area contributed by atoms with Crippen LogP contribution in [0, 0.1) is 12.3 Å². The topological polar surface area (TPSA) is 66.4 Å². The van der Waals surface area contributed by atoms with Crippen LogP contribution in [0.3, 0.4) is 0 Å². The zero-order valence-corrected chi connectivity index (χ0v) is 11.7. The van der Waals surface area contributed by atoms with Gasteiger partial charge in [0.25, 0.3) is 5.91 Å². The predicted octanol–water partition coefficient (Wildman–Crippen LogP) is 2.41. The molecular weight excluding hydrogens is 306 g/mol. The van der Waals surface area contributed by atoms with Crippen LogP contribution >= 0.6 is 27.3 Å². The first-order valence-electron chi connectivity index (χ1n) is 5.22. The smallest absolute Gasteiger partial charge is 0.311 e. The highest BCUT2D eigenvalue weighted by Gasteiger charge is 2.50. The van der Waals surface area contributed by atoms with E-state index in [0.717, 1.165) is 9.35 Å². The Kier molecular flexibility index (Phi) is 3.27. The van der Waals surface area contributed by atoms with Gasteiger partial charge in [0, 0.05) is 6.54 Å². The van der Waals surface area contributed by atoms with E-state index in [2.05, 4.69) is 21.2 Å². The third kappa shape index (κ3) is 2.52. The van der Waals surface area contributed by atoms with Crippen LogP contribution in [0.15, 0.2) is 9.85 Å². The van der Waals surface area contributed by atoms with Crippen molar-refractivity contribution in [1.82, 2.24) is 5.32 Å². The molecule has 1 aliphatic carbocycles. The molecule has 1 fully saturated rings. The van der Waals surface area contributed by atoms with Crippen molar-refractivity contribution in [2.75, 3.05) is 6.54 Å². The summed E-state index contributed by atoms with van der Waals surface area (Å²) >= 11 is 4.71. The van der Waals surface area contributed by atoms with Crippen molar-refractivity contribution in [3.05, 3.63) is 20.3 Å². The number of nitrogens with one attached hydrogen (secondary N) is 1. The Balaban J connectivity index is 1.96. The second-order valence-corrected chi connectivity index (χ2v) is 6.71. The van der Waals surface area contributed by atoms with E-state index in [9.17, 15) is 9.59 Å². The van der Waals surface area contributed by atoms with E-state index in [1.807, 2.05) is 6.92 Å². The van der Waals surface area contributed by atoms with Crippen LogP contribution in [0.25, 0.3) is 0 Å². The SMILES string of the molecule is Cc1cc(C(=O)NCC2(C(=O)O)CC2)sc1Br. The third-order valence-electron chi connectivity index (χ3n) is 2.98. The highest BCUT2D eigenvalue weighted by Crippen LogP contribution is 2.45. The van der Waals surface area contributed by atoms with Gasteiger partial charge in [-0.1, -0.05) is 0 Å². The number of hydrogen-bond donors (Lipinski definition) is 2. The van der Waals surface area contributed by atoms with Crippen LogP contribution in [-0.4, -0.2) is 23.5 Å². The van der Waals surface area contributed by atoms with E-state index >= 15 is 0 Å². The number of aliphatic carboxylic acids is 1. The summed E-state index contributed by atoms with van der Waals surface area (Å²) in [5, 5.41) is 11.7. The highest BCUT2D eigenvalue weighted by atomic mass is 79.9. The van der Waals surface area contributed by atoms with Crippen LogP contribution in [0.2, 0.25) is 0 Å². The monoisotopic (exact) mass is 317 g/mol. The van der Waals surface area contributed by atoms with E-state index in [0.29, 0.717) is 17.7 Å². The van der Waals surface area contributed by atoms with Gasteiger partial charge in [-0.2, -0.15) is 0 Å². The first-order valence-corrected chi connectivity index (χ1v) is 6.83. The minimum absolute atomic E-state index is 0.198. The summed E-state index contributed by atoms with van der Waals surface area (Å²) in [6, 6.07) is 1.80. The number of aryl methyl sites for hydroxylation is 1. The molecule has 0 unspecified atom stereocenters. The second kappa shape index (κ2) is 4.42. The lowest BCUT2D eigenvalue weighted by Gasteiger charge is -2.09.